The standard InChI is InChI=1S/C26H27FN2O6/c1-3-5-21(30)19-15-28-26-18(25(19)29-20-9-8-17(27)14-16(20)2)6-4-7-22(26)34-12-13-35-24(33)11-10-23(31)32/h4,6-9,14-15H,3,5,10-13H2,1-2H3,(H,28,29)(H,31,32). The number of nitrogens with zero attached hydrogens (tertiary/aromatic N) is 1. The molecule has 0 bridgehead atoms. The number of carboxylic acid groups (broad SMARTS) is 1. The van der Waals surface area contributed by atoms with Gasteiger partial charge in [-0.2, -0.15) is 0 Å². The summed E-state index contributed by atoms with van der Waals surface area (Å²) in [6.07, 6.45) is 2.03. The summed E-state index contributed by atoms with van der Waals surface area (Å²) < 4.78 is 24.4. The average Bonchev–Trinajstić information content (AvgIpc) is 2.82. The van der Waals surface area contributed by atoms with Crippen LogP contribution in [0.4, 0.5) is 15.8 Å². The third-order valence-electron chi connectivity index (χ3n) is 5.23. The summed E-state index contributed by atoms with van der Waals surface area (Å²) in [4.78, 5) is 39.4. The molecule has 184 valence electrons. The van der Waals surface area contributed by atoms with Crippen molar-refractivity contribution >= 4 is 40.0 Å². The molecule has 0 spiro atoms. The molecule has 0 atom stereocenters. The molecule has 0 saturated carbocycles. The highest BCUT2D eigenvalue weighted by Gasteiger charge is 2.18. The number of aromatic nitrogens is 1. The van der Waals surface area contributed by atoms with Gasteiger partial charge in [-0.15, -0.1) is 0 Å². The van der Waals surface area contributed by atoms with Gasteiger partial charge in [0.2, 0.25) is 0 Å². The number of aryl methyl sites for hydroxylation is 1. The zero-order valence-electron chi connectivity index (χ0n) is 19.6. The predicted octanol–water partition coefficient (Wildman–Crippen LogP) is 5.20. The van der Waals surface area contributed by atoms with Crippen LogP contribution in [0.15, 0.2) is 42.6 Å². The molecular weight excluding hydrogens is 455 g/mol. The van der Waals surface area contributed by atoms with Crippen LogP contribution in [0.3, 0.4) is 0 Å². The topological polar surface area (TPSA) is 115 Å². The molecule has 3 aromatic rings. The fourth-order valence-electron chi connectivity index (χ4n) is 3.51. The number of rotatable bonds is 12. The number of nitrogens with one attached hydrogen (secondary N) is 1. The molecule has 1 aromatic heterocycles. The van der Waals surface area contributed by atoms with E-state index in [9.17, 15) is 18.8 Å². The molecular formula is C26H27FN2O6. The van der Waals surface area contributed by atoms with Gasteiger partial charge in [0.25, 0.3) is 0 Å². The lowest BCUT2D eigenvalue weighted by Gasteiger charge is -2.17. The molecule has 0 aliphatic carbocycles. The summed E-state index contributed by atoms with van der Waals surface area (Å²) in [5, 5.41) is 12.6. The Morgan fingerprint density at radius 1 is 1.09 bits per heavy atom. The van der Waals surface area contributed by atoms with Gasteiger partial charge in [-0.25, -0.2) is 4.39 Å². The highest BCUT2D eigenvalue weighted by atomic mass is 19.1. The number of carboxylic acids is 1. The van der Waals surface area contributed by atoms with Crippen LogP contribution in [0.5, 0.6) is 5.75 Å². The number of pyridine rings is 1. The third kappa shape index (κ3) is 6.75. The fourth-order valence-corrected chi connectivity index (χ4v) is 3.51. The molecule has 8 nitrogen and oxygen atoms in total. The van der Waals surface area contributed by atoms with Crippen LogP contribution in [0.1, 0.15) is 48.5 Å². The number of aliphatic carboxylic acids is 1. The smallest absolute Gasteiger partial charge is 0.306 e. The number of carbonyl (C=O) groups excluding carboxylic acids is 2. The molecule has 0 saturated heterocycles. The van der Waals surface area contributed by atoms with Crippen LogP contribution < -0.4 is 10.1 Å². The highest BCUT2D eigenvalue weighted by Crippen LogP contribution is 2.35. The lowest BCUT2D eigenvalue weighted by molar-refractivity contribution is -0.148. The van der Waals surface area contributed by atoms with Gasteiger partial charge < -0.3 is 19.9 Å². The molecule has 0 fully saturated rings. The van der Waals surface area contributed by atoms with E-state index in [0.717, 1.165) is 0 Å². The van der Waals surface area contributed by atoms with Crippen molar-refractivity contribution in [3.8, 4) is 5.75 Å². The number of ether oxygens (including phenoxy) is 2. The average molecular weight is 483 g/mol. The molecule has 0 aliphatic heterocycles. The van der Waals surface area contributed by atoms with E-state index in [4.69, 9.17) is 14.6 Å². The van der Waals surface area contributed by atoms with Crippen molar-refractivity contribution < 1.29 is 33.4 Å². The quantitative estimate of drug-likeness (QED) is 0.206. The Balaban J connectivity index is 1.87. The minimum atomic E-state index is -1.07. The first-order valence-electron chi connectivity index (χ1n) is 11.3. The largest absolute Gasteiger partial charge is 0.488 e. The van der Waals surface area contributed by atoms with E-state index in [2.05, 4.69) is 10.3 Å². The molecule has 2 aromatic carbocycles. The molecule has 1 heterocycles. The third-order valence-corrected chi connectivity index (χ3v) is 5.23. The minimum Gasteiger partial charge on any atom is -0.488 e. The molecule has 0 radical (unpaired) electrons. The van der Waals surface area contributed by atoms with Crippen LogP contribution >= 0.6 is 0 Å². The number of hydrogen-bond donors (Lipinski definition) is 2. The van der Waals surface area contributed by atoms with Crippen LogP contribution in [-0.2, 0) is 14.3 Å². The van der Waals surface area contributed by atoms with Gasteiger partial charge in [0.1, 0.15) is 30.3 Å². The Kier molecular flexibility index (Phi) is 8.72. The lowest BCUT2D eigenvalue weighted by Crippen LogP contribution is -2.13. The van der Waals surface area contributed by atoms with Crippen molar-refractivity contribution in [2.75, 3.05) is 18.5 Å². The predicted molar refractivity (Wildman–Crippen MR) is 129 cm³/mol. The van der Waals surface area contributed by atoms with E-state index >= 15 is 0 Å². The second kappa shape index (κ2) is 11.9. The summed E-state index contributed by atoms with van der Waals surface area (Å²) >= 11 is 0. The molecule has 3 rings (SSSR count). The molecule has 0 aliphatic rings. The maximum Gasteiger partial charge on any atom is 0.306 e. The number of ketones is 1. The zero-order chi connectivity index (χ0) is 25.4. The SMILES string of the molecule is CCCC(=O)c1cnc2c(OCCOC(=O)CCC(=O)O)cccc2c1Nc1ccc(F)cc1C. The van der Waals surface area contributed by atoms with Gasteiger partial charge in [0.15, 0.2) is 5.78 Å². The molecule has 9 heteroatoms. The van der Waals surface area contributed by atoms with Crippen LogP contribution in [0.25, 0.3) is 10.9 Å². The van der Waals surface area contributed by atoms with Crippen LogP contribution in [0.2, 0.25) is 0 Å². The summed E-state index contributed by atoms with van der Waals surface area (Å²) in [6.45, 7) is 3.68. The number of benzene rings is 2. The van der Waals surface area contributed by atoms with Gasteiger partial charge in [-0.3, -0.25) is 19.4 Å². The van der Waals surface area contributed by atoms with E-state index in [0.29, 0.717) is 52.0 Å². The van der Waals surface area contributed by atoms with Gasteiger partial charge in [-0.05, 0) is 43.2 Å². The number of fused-ring (bicyclic) bond motifs is 1. The maximum atomic E-state index is 13.6. The Bertz CT molecular complexity index is 1240. The summed E-state index contributed by atoms with van der Waals surface area (Å²) in [6, 6.07) is 9.65. The maximum absolute atomic E-state index is 13.6. The number of hydrogen-bond acceptors (Lipinski definition) is 7. The van der Waals surface area contributed by atoms with E-state index < -0.39 is 11.9 Å². The van der Waals surface area contributed by atoms with E-state index in [1.54, 1.807) is 25.1 Å². The zero-order valence-corrected chi connectivity index (χ0v) is 19.6. The second-order valence-electron chi connectivity index (χ2n) is 7.92. The van der Waals surface area contributed by atoms with Gasteiger partial charge in [-0.1, -0.05) is 19.1 Å². The summed E-state index contributed by atoms with van der Waals surface area (Å²) in [5.74, 6) is -1.68. The molecule has 35 heavy (non-hydrogen) atoms. The molecule has 0 amide bonds. The highest BCUT2D eigenvalue weighted by molar-refractivity contribution is 6.09. The van der Waals surface area contributed by atoms with Crippen molar-refractivity contribution in [1.82, 2.24) is 4.98 Å². The van der Waals surface area contributed by atoms with Gasteiger partial charge >= 0.3 is 11.9 Å². The first-order valence-corrected chi connectivity index (χ1v) is 11.3. The van der Waals surface area contributed by atoms with Gasteiger partial charge in [0, 0.05) is 23.7 Å². The Morgan fingerprint density at radius 3 is 2.60 bits per heavy atom. The van der Waals surface area contributed by atoms with E-state index in [-0.39, 0.29) is 37.7 Å². The first kappa shape index (κ1) is 25.6. The summed E-state index contributed by atoms with van der Waals surface area (Å²) in [7, 11) is 0. The van der Waals surface area contributed by atoms with Crippen molar-refractivity contribution in [1.29, 1.82) is 0 Å². The second-order valence-corrected chi connectivity index (χ2v) is 7.92. The Morgan fingerprint density at radius 2 is 1.89 bits per heavy atom. The lowest BCUT2D eigenvalue weighted by atomic mass is 10.0. The number of esters is 1. The number of Topliss-reactive ketones (excluding diaryl/α,β-unsaturated/α-hetero) is 1. The van der Waals surface area contributed by atoms with Crippen molar-refractivity contribution in [3.05, 3.63) is 59.5 Å². The normalized spacial score (nSPS) is 10.7. The van der Waals surface area contributed by atoms with E-state index in [1.165, 1.54) is 18.3 Å². The Hall–Kier alpha value is -4.01. The van der Waals surface area contributed by atoms with Crippen LogP contribution in [-0.4, -0.2) is 41.0 Å². The molecule has 0 unspecified atom stereocenters. The number of para-hydroxylation sites is 1. The van der Waals surface area contributed by atoms with Gasteiger partial charge in [0.05, 0.1) is 24.1 Å². The minimum absolute atomic E-state index is 0.0377. The fraction of sp³-hybridized carbons (Fsp3) is 0.308. The van der Waals surface area contributed by atoms with Crippen molar-refractivity contribution in [3.63, 3.8) is 0 Å². The van der Waals surface area contributed by atoms with E-state index in [1.807, 2.05) is 13.0 Å². The summed E-state index contributed by atoms with van der Waals surface area (Å²) in [5.41, 5.74) is 2.81. The first-order chi connectivity index (χ1) is 16.8. The monoisotopic (exact) mass is 482 g/mol. The molecule has 2 N–H and O–H groups in total. The number of carbonyl (C=O) groups is 3. The van der Waals surface area contributed by atoms with Crippen molar-refractivity contribution in [2.45, 2.75) is 39.5 Å². The number of anilines is 2. The van der Waals surface area contributed by atoms with Crippen LogP contribution in [0, 0.1) is 12.7 Å². The van der Waals surface area contributed by atoms with Crippen molar-refractivity contribution in [2.24, 2.45) is 0 Å². The number of halogens is 1. The Labute approximate surface area is 202 Å².